The van der Waals surface area contributed by atoms with Gasteiger partial charge < -0.3 is 23.7 Å². The van der Waals surface area contributed by atoms with E-state index in [4.69, 9.17) is 18.6 Å². The quantitative estimate of drug-likeness (QED) is 0.511. The number of esters is 1. The highest BCUT2D eigenvalue weighted by atomic mass is 16.7. The minimum absolute atomic E-state index is 0.00694. The predicted molar refractivity (Wildman–Crippen MR) is 114 cm³/mol. The van der Waals surface area contributed by atoms with Crippen LogP contribution in [0.25, 0.3) is 0 Å². The third-order valence-corrected chi connectivity index (χ3v) is 11.3. The van der Waals surface area contributed by atoms with Gasteiger partial charge in [-0.15, -0.1) is 0 Å². The number of ketones is 1. The molecule has 0 bridgehead atoms. The van der Waals surface area contributed by atoms with Crippen LogP contribution < -0.4 is 0 Å². The van der Waals surface area contributed by atoms with Gasteiger partial charge in [0.1, 0.15) is 17.8 Å². The Morgan fingerprint density at radius 2 is 1.82 bits per heavy atom. The topological polar surface area (TPSA) is 102 Å². The summed E-state index contributed by atoms with van der Waals surface area (Å²) in [5.41, 5.74) is -2.04. The Hall–Kier alpha value is -1.70. The molecule has 6 fully saturated rings. The molecule has 3 saturated carbocycles. The zero-order valence-corrected chi connectivity index (χ0v) is 19.8. The van der Waals surface area contributed by atoms with Gasteiger partial charge in [0.25, 0.3) is 0 Å². The number of Topliss-reactive ketones (excluding diaryl/α,β-unsaturated/α-hetero) is 1. The molecule has 1 N–H and O–H groups in total. The van der Waals surface area contributed by atoms with Crippen LogP contribution in [0.15, 0.2) is 23.0 Å². The summed E-state index contributed by atoms with van der Waals surface area (Å²) in [4.78, 5) is 26.2. The Bertz CT molecular complexity index is 1080. The minimum atomic E-state index is -0.830. The van der Waals surface area contributed by atoms with Crippen molar-refractivity contribution in [2.45, 2.75) is 90.0 Å². The zero-order chi connectivity index (χ0) is 23.3. The van der Waals surface area contributed by atoms with Gasteiger partial charge in [-0.2, -0.15) is 0 Å². The van der Waals surface area contributed by atoms with E-state index in [9.17, 15) is 14.7 Å². The third-order valence-electron chi connectivity index (χ3n) is 11.3. The molecule has 1 spiro atoms. The summed E-state index contributed by atoms with van der Waals surface area (Å²) in [7, 11) is 0. The lowest BCUT2D eigenvalue weighted by molar-refractivity contribution is -0.258. The van der Waals surface area contributed by atoms with E-state index in [1.165, 1.54) is 0 Å². The van der Waals surface area contributed by atoms with Crippen molar-refractivity contribution in [1.82, 2.24) is 0 Å². The van der Waals surface area contributed by atoms with E-state index in [1.807, 2.05) is 19.9 Å². The van der Waals surface area contributed by atoms with Crippen molar-refractivity contribution in [1.29, 1.82) is 0 Å². The number of hydrogen-bond acceptors (Lipinski definition) is 7. The summed E-state index contributed by atoms with van der Waals surface area (Å²) in [5, 5.41) is 11.9. The third kappa shape index (κ3) is 1.92. The van der Waals surface area contributed by atoms with Crippen LogP contribution in [-0.4, -0.2) is 46.9 Å². The van der Waals surface area contributed by atoms with Crippen LogP contribution in [0.4, 0.5) is 0 Å². The number of hydrogen-bond donors (Lipinski definition) is 1. The summed E-state index contributed by atoms with van der Waals surface area (Å²) in [5.74, 6) is -0.145. The Morgan fingerprint density at radius 1 is 1.06 bits per heavy atom. The standard InChI is InChI=1S/C26H32O7/c1-22(2)14-10-15(27)25(5)13(24(14,4)19-16(31-19)17(22)28)6-8-23(3)18(12-7-9-30-11-12)32-21(29)20-26(23,25)33-20/h7,9,11,13-16,18-20,27H,6,8,10H2,1-5H3/t13?,14?,15-,16-,18+,19-,20-,23+,24-,25+,26-/m1/s1. The summed E-state index contributed by atoms with van der Waals surface area (Å²) < 4.78 is 23.8. The molecular weight excluding hydrogens is 424 g/mol. The second kappa shape index (κ2) is 5.58. The number of fused-ring (bicyclic) bond motifs is 5. The molecule has 178 valence electrons. The molecule has 3 aliphatic heterocycles. The molecule has 1 aromatic rings. The van der Waals surface area contributed by atoms with Gasteiger partial charge in [0.05, 0.1) is 24.7 Å². The van der Waals surface area contributed by atoms with Crippen molar-refractivity contribution >= 4 is 11.8 Å². The molecule has 7 rings (SSSR count). The molecule has 33 heavy (non-hydrogen) atoms. The second-order valence-electron chi connectivity index (χ2n) is 12.6. The van der Waals surface area contributed by atoms with Crippen LogP contribution in [-0.2, 0) is 23.8 Å². The lowest BCUT2D eigenvalue weighted by Crippen LogP contribution is -2.74. The maximum Gasteiger partial charge on any atom is 0.339 e. The van der Waals surface area contributed by atoms with E-state index in [1.54, 1.807) is 12.5 Å². The monoisotopic (exact) mass is 456 g/mol. The number of rotatable bonds is 1. The highest BCUT2D eigenvalue weighted by molar-refractivity contribution is 5.92. The summed E-state index contributed by atoms with van der Waals surface area (Å²) in [6.45, 7) is 10.6. The lowest BCUT2D eigenvalue weighted by Gasteiger charge is -2.68. The maximum absolute atomic E-state index is 13.1. The van der Waals surface area contributed by atoms with Gasteiger partial charge in [-0.25, -0.2) is 4.79 Å². The summed E-state index contributed by atoms with van der Waals surface area (Å²) in [6, 6.07) is 1.85. The highest BCUT2D eigenvalue weighted by Crippen LogP contribution is 2.80. The first-order valence-corrected chi connectivity index (χ1v) is 12.2. The fourth-order valence-corrected chi connectivity index (χ4v) is 9.70. The molecule has 7 nitrogen and oxygen atoms in total. The smallest absolute Gasteiger partial charge is 0.339 e. The van der Waals surface area contributed by atoms with Crippen molar-refractivity contribution in [2.24, 2.45) is 33.5 Å². The molecule has 0 aromatic carbocycles. The average Bonchev–Trinajstić information content (AvgIpc) is 3.66. The van der Waals surface area contributed by atoms with Crippen LogP contribution in [0.3, 0.4) is 0 Å². The van der Waals surface area contributed by atoms with Crippen molar-refractivity contribution in [3.63, 3.8) is 0 Å². The Labute approximate surface area is 193 Å². The molecule has 0 amide bonds. The second-order valence-corrected chi connectivity index (χ2v) is 12.6. The molecule has 7 heteroatoms. The van der Waals surface area contributed by atoms with Crippen molar-refractivity contribution in [3.05, 3.63) is 24.2 Å². The normalized spacial score (nSPS) is 57.6. The van der Waals surface area contributed by atoms with Crippen LogP contribution in [0, 0.1) is 33.5 Å². The zero-order valence-electron chi connectivity index (χ0n) is 19.8. The first kappa shape index (κ1) is 20.7. The first-order chi connectivity index (χ1) is 15.5. The summed E-state index contributed by atoms with van der Waals surface area (Å²) >= 11 is 0. The van der Waals surface area contributed by atoms with Crippen LogP contribution in [0.1, 0.15) is 65.5 Å². The van der Waals surface area contributed by atoms with E-state index in [0.717, 1.165) is 18.4 Å². The molecule has 3 aliphatic carbocycles. The van der Waals surface area contributed by atoms with Gasteiger partial charge in [0.2, 0.25) is 0 Å². The molecule has 6 aliphatic rings. The van der Waals surface area contributed by atoms with Gasteiger partial charge in [0, 0.05) is 27.2 Å². The van der Waals surface area contributed by atoms with E-state index in [2.05, 4.69) is 20.8 Å². The first-order valence-electron chi connectivity index (χ1n) is 12.2. The molecular formula is C26H32O7. The lowest BCUT2D eigenvalue weighted by atomic mass is 9.35. The molecule has 0 radical (unpaired) electrons. The predicted octanol–water partition coefficient (Wildman–Crippen LogP) is 3.20. The van der Waals surface area contributed by atoms with Gasteiger partial charge in [0.15, 0.2) is 11.9 Å². The largest absolute Gasteiger partial charge is 0.472 e. The van der Waals surface area contributed by atoms with E-state index >= 15 is 0 Å². The Balaban J connectivity index is 1.39. The number of carbonyl (C=O) groups is 2. The number of epoxide rings is 2. The number of ether oxygens (including phenoxy) is 3. The minimum Gasteiger partial charge on any atom is -0.472 e. The average molecular weight is 457 g/mol. The molecule has 3 saturated heterocycles. The van der Waals surface area contributed by atoms with Crippen LogP contribution >= 0.6 is 0 Å². The number of aliphatic hydroxyl groups is 1. The molecule has 1 aromatic heterocycles. The highest BCUT2D eigenvalue weighted by Gasteiger charge is 2.89. The van der Waals surface area contributed by atoms with Crippen molar-refractivity contribution in [3.8, 4) is 0 Å². The fraction of sp³-hybridized carbons (Fsp3) is 0.769. The number of cyclic esters (lactones) is 1. The number of carbonyl (C=O) groups excluding carboxylic acids is 2. The molecule has 4 heterocycles. The number of furan rings is 1. The van der Waals surface area contributed by atoms with E-state index < -0.39 is 40.2 Å². The van der Waals surface area contributed by atoms with E-state index in [0.29, 0.717) is 6.42 Å². The van der Waals surface area contributed by atoms with E-state index in [-0.39, 0.29) is 41.2 Å². The van der Waals surface area contributed by atoms with Gasteiger partial charge in [-0.05, 0) is 37.2 Å². The Morgan fingerprint density at radius 3 is 2.52 bits per heavy atom. The van der Waals surface area contributed by atoms with Crippen LogP contribution in [0.2, 0.25) is 0 Å². The van der Waals surface area contributed by atoms with Gasteiger partial charge in [-0.1, -0.05) is 34.6 Å². The Kier molecular flexibility index (Phi) is 3.49. The fourth-order valence-electron chi connectivity index (χ4n) is 9.70. The van der Waals surface area contributed by atoms with Gasteiger partial charge >= 0.3 is 5.97 Å². The van der Waals surface area contributed by atoms with Gasteiger partial charge in [-0.3, -0.25) is 4.79 Å². The maximum atomic E-state index is 13.1. The molecule has 2 unspecified atom stereocenters. The van der Waals surface area contributed by atoms with Crippen molar-refractivity contribution in [2.75, 3.05) is 0 Å². The van der Waals surface area contributed by atoms with Crippen molar-refractivity contribution < 1.29 is 33.3 Å². The SMILES string of the molecule is CC1(C)C(=O)[C@H]2O[C@H]2[C@@]2(C)C1C[C@@H](O)[C@]1(C)C2CC[C@@]2(C)[C@H](c3ccoc3)OC(=O)[C@H]3O[C@]321. The number of aliphatic hydroxyl groups excluding tert-OH is 1. The summed E-state index contributed by atoms with van der Waals surface area (Å²) in [6.07, 6.45) is 3.01. The molecule has 11 atom stereocenters. The van der Waals surface area contributed by atoms with Crippen LogP contribution in [0.5, 0.6) is 0 Å².